The molecule has 0 aromatic heterocycles. The molecule has 0 rings (SSSR count). The first-order chi connectivity index (χ1) is 7.26. The van der Waals surface area contributed by atoms with Gasteiger partial charge < -0.3 is 9.47 Å². The summed E-state index contributed by atoms with van der Waals surface area (Å²) >= 11 is 0. The zero-order valence-electron chi connectivity index (χ0n) is 9.66. The van der Waals surface area contributed by atoms with Crippen LogP contribution in [0.5, 0.6) is 0 Å². The molecule has 0 aliphatic rings. The highest BCUT2D eigenvalue weighted by molar-refractivity contribution is 6.09. The van der Waals surface area contributed by atoms with E-state index in [1.165, 1.54) is 6.92 Å². The van der Waals surface area contributed by atoms with Gasteiger partial charge in [-0.25, -0.2) is 4.79 Å². The Bertz CT molecular complexity index is 332. The Morgan fingerprint density at radius 2 is 1.50 bits per heavy atom. The van der Waals surface area contributed by atoms with E-state index >= 15 is 0 Å². The molecule has 16 heavy (non-hydrogen) atoms. The molecule has 0 spiro atoms. The number of hydrogen-bond donors (Lipinski definition) is 0. The maximum absolute atomic E-state index is 11.5. The molecule has 0 aromatic rings. The molecule has 0 aromatic carbocycles. The summed E-state index contributed by atoms with van der Waals surface area (Å²) in [6.45, 7) is 4.65. The number of esters is 3. The largest absolute Gasteiger partial charge is 0.439 e. The van der Waals surface area contributed by atoms with E-state index in [4.69, 9.17) is 4.74 Å². The zero-order valence-corrected chi connectivity index (χ0v) is 9.66. The van der Waals surface area contributed by atoms with Crippen LogP contribution in [0.4, 0.5) is 0 Å². The number of carbonyl (C=O) groups excluding carboxylic acids is 4. The van der Waals surface area contributed by atoms with E-state index in [1.807, 2.05) is 0 Å². The molecular weight excluding hydrogens is 216 g/mol. The first-order valence-corrected chi connectivity index (χ1v) is 4.69. The van der Waals surface area contributed by atoms with Gasteiger partial charge in [0.05, 0.1) is 0 Å². The summed E-state index contributed by atoms with van der Waals surface area (Å²) in [5.74, 6) is -3.50. The van der Waals surface area contributed by atoms with Crippen LogP contribution in [0.2, 0.25) is 0 Å². The van der Waals surface area contributed by atoms with Gasteiger partial charge in [-0.3, -0.25) is 14.4 Å². The highest BCUT2D eigenvalue weighted by atomic mass is 16.6. The predicted molar refractivity (Wildman–Crippen MR) is 52.2 cm³/mol. The van der Waals surface area contributed by atoms with Crippen molar-refractivity contribution in [3.05, 3.63) is 0 Å². The summed E-state index contributed by atoms with van der Waals surface area (Å²) in [6.07, 6.45) is -0.0893. The Morgan fingerprint density at radius 3 is 1.75 bits per heavy atom. The van der Waals surface area contributed by atoms with Gasteiger partial charge in [0.1, 0.15) is 0 Å². The second kappa shape index (κ2) is 5.39. The normalized spacial score (nSPS) is 13.5. The average Bonchev–Trinajstić information content (AvgIpc) is 2.11. The number of carbonyl (C=O) groups is 4. The minimum absolute atomic E-state index is 0.0893. The van der Waals surface area contributed by atoms with Gasteiger partial charge in [0.15, 0.2) is 5.78 Å². The van der Waals surface area contributed by atoms with Crippen molar-refractivity contribution >= 4 is 23.7 Å². The monoisotopic (exact) mass is 230 g/mol. The third kappa shape index (κ3) is 3.15. The second-order valence-corrected chi connectivity index (χ2v) is 3.21. The molecule has 6 heteroatoms. The lowest BCUT2D eigenvalue weighted by atomic mass is 9.96. The summed E-state index contributed by atoms with van der Waals surface area (Å²) in [4.78, 5) is 44.4. The van der Waals surface area contributed by atoms with Crippen molar-refractivity contribution in [1.82, 2.24) is 0 Å². The van der Waals surface area contributed by atoms with Crippen LogP contribution < -0.4 is 0 Å². The molecule has 0 aliphatic heterocycles. The van der Waals surface area contributed by atoms with Crippen molar-refractivity contribution in [2.75, 3.05) is 0 Å². The van der Waals surface area contributed by atoms with Crippen LogP contribution in [0.1, 0.15) is 34.1 Å². The molecule has 0 fully saturated rings. The Labute approximate surface area is 92.9 Å². The Hall–Kier alpha value is -1.72. The number of hydrogen-bond acceptors (Lipinski definition) is 6. The van der Waals surface area contributed by atoms with Crippen molar-refractivity contribution in [2.45, 2.75) is 39.7 Å². The van der Waals surface area contributed by atoms with E-state index in [1.54, 1.807) is 0 Å². The highest BCUT2D eigenvalue weighted by Crippen LogP contribution is 2.20. The highest BCUT2D eigenvalue weighted by Gasteiger charge is 2.47. The van der Waals surface area contributed by atoms with E-state index < -0.39 is 29.3 Å². The smallest absolute Gasteiger partial charge is 0.366 e. The van der Waals surface area contributed by atoms with Gasteiger partial charge in [-0.1, -0.05) is 6.92 Å². The Morgan fingerprint density at radius 1 is 1.00 bits per heavy atom. The molecule has 0 radical (unpaired) electrons. The summed E-state index contributed by atoms with van der Waals surface area (Å²) < 4.78 is 8.99. The van der Waals surface area contributed by atoms with Crippen LogP contribution in [0.15, 0.2) is 0 Å². The molecule has 1 atom stereocenters. The van der Waals surface area contributed by atoms with Gasteiger partial charge >= 0.3 is 17.9 Å². The van der Waals surface area contributed by atoms with Gasteiger partial charge in [-0.2, -0.15) is 0 Å². The van der Waals surface area contributed by atoms with Crippen molar-refractivity contribution in [1.29, 1.82) is 0 Å². The summed E-state index contributed by atoms with van der Waals surface area (Å²) in [5, 5.41) is 0. The maximum Gasteiger partial charge on any atom is 0.366 e. The molecule has 6 nitrogen and oxygen atoms in total. The van der Waals surface area contributed by atoms with Crippen molar-refractivity contribution in [3.63, 3.8) is 0 Å². The topological polar surface area (TPSA) is 86.7 Å². The van der Waals surface area contributed by atoms with E-state index in [2.05, 4.69) is 4.74 Å². The van der Waals surface area contributed by atoms with Crippen molar-refractivity contribution < 1.29 is 28.7 Å². The predicted octanol–water partition coefficient (Wildman–Crippen LogP) is 0.377. The standard InChI is InChI=1S/C10H14O6/c1-5-10(6(2)11,16-8(4)13)9(14)15-7(3)12/h5H2,1-4H3. The first kappa shape index (κ1) is 14.3. The third-order valence-corrected chi connectivity index (χ3v) is 1.95. The Kier molecular flexibility index (Phi) is 4.81. The van der Waals surface area contributed by atoms with E-state index in [0.717, 1.165) is 20.8 Å². The number of rotatable bonds is 4. The fourth-order valence-corrected chi connectivity index (χ4v) is 1.18. The van der Waals surface area contributed by atoms with Crippen LogP contribution in [0.3, 0.4) is 0 Å². The molecule has 0 N–H and O–H groups in total. The SMILES string of the molecule is CCC(OC(C)=O)(C(C)=O)C(=O)OC(C)=O. The van der Waals surface area contributed by atoms with Crippen LogP contribution in [-0.2, 0) is 28.7 Å². The van der Waals surface area contributed by atoms with Gasteiger partial charge in [0, 0.05) is 20.3 Å². The lowest BCUT2D eigenvalue weighted by Gasteiger charge is -2.26. The van der Waals surface area contributed by atoms with Crippen molar-refractivity contribution in [2.24, 2.45) is 0 Å². The molecule has 0 saturated carbocycles. The van der Waals surface area contributed by atoms with Gasteiger partial charge in [-0.15, -0.1) is 0 Å². The third-order valence-electron chi connectivity index (χ3n) is 1.95. The van der Waals surface area contributed by atoms with Crippen LogP contribution in [0.25, 0.3) is 0 Å². The van der Waals surface area contributed by atoms with Crippen LogP contribution in [0, 0.1) is 0 Å². The lowest BCUT2D eigenvalue weighted by Crippen LogP contribution is -2.50. The zero-order chi connectivity index (χ0) is 12.9. The maximum atomic E-state index is 11.5. The summed E-state index contributed by atoms with van der Waals surface area (Å²) in [7, 11) is 0. The number of ketones is 1. The Balaban J connectivity index is 5.18. The average molecular weight is 230 g/mol. The van der Waals surface area contributed by atoms with Crippen LogP contribution in [-0.4, -0.2) is 29.3 Å². The minimum atomic E-state index is -2.02. The van der Waals surface area contributed by atoms with Gasteiger partial charge in [-0.05, 0) is 6.92 Å². The summed E-state index contributed by atoms with van der Waals surface area (Å²) in [5.41, 5.74) is -2.02. The first-order valence-electron chi connectivity index (χ1n) is 4.69. The van der Waals surface area contributed by atoms with Crippen LogP contribution >= 0.6 is 0 Å². The lowest BCUT2D eigenvalue weighted by molar-refractivity contribution is -0.187. The molecular formula is C10H14O6. The molecule has 0 aliphatic carbocycles. The van der Waals surface area contributed by atoms with Gasteiger partial charge in [0.2, 0.25) is 0 Å². The molecule has 0 bridgehead atoms. The van der Waals surface area contributed by atoms with E-state index in [9.17, 15) is 19.2 Å². The molecule has 1 unspecified atom stereocenters. The quantitative estimate of drug-likeness (QED) is 0.512. The minimum Gasteiger partial charge on any atom is -0.439 e. The van der Waals surface area contributed by atoms with E-state index in [-0.39, 0.29) is 6.42 Å². The van der Waals surface area contributed by atoms with Gasteiger partial charge in [0.25, 0.3) is 5.60 Å². The number of ether oxygens (including phenoxy) is 2. The second-order valence-electron chi connectivity index (χ2n) is 3.21. The fraction of sp³-hybridized carbons (Fsp3) is 0.600. The molecule has 0 saturated heterocycles. The number of Topliss-reactive ketones (excluding diaryl/α,β-unsaturated/α-hetero) is 1. The molecule has 90 valence electrons. The molecule has 0 heterocycles. The van der Waals surface area contributed by atoms with Crippen molar-refractivity contribution in [3.8, 4) is 0 Å². The summed E-state index contributed by atoms with van der Waals surface area (Å²) in [6, 6.07) is 0. The van der Waals surface area contributed by atoms with E-state index in [0.29, 0.717) is 0 Å². The molecule has 0 amide bonds. The fourth-order valence-electron chi connectivity index (χ4n) is 1.18.